The highest BCUT2D eigenvalue weighted by Gasteiger charge is 2.00. The molecule has 2 rings (SSSR count). The van der Waals surface area contributed by atoms with Crippen molar-refractivity contribution < 1.29 is 4.74 Å². The first-order valence-electron chi connectivity index (χ1n) is 5.85. The fraction of sp³-hybridized carbons (Fsp3) is 0.200. The standard InChI is InChI=1S/C15H16INO/c1-18-11-13-4-2-3-5-15(13)17-10-12-6-8-14(16)9-7-12/h2-9,17H,10-11H2,1H3. The van der Waals surface area contributed by atoms with Gasteiger partial charge in [0.25, 0.3) is 0 Å². The van der Waals surface area contributed by atoms with Gasteiger partial charge in [-0.1, -0.05) is 30.3 Å². The number of ether oxygens (including phenoxy) is 1. The van der Waals surface area contributed by atoms with E-state index in [2.05, 4.69) is 64.3 Å². The van der Waals surface area contributed by atoms with E-state index in [1.54, 1.807) is 7.11 Å². The predicted molar refractivity (Wildman–Crippen MR) is 83.6 cm³/mol. The van der Waals surface area contributed by atoms with Crippen molar-refractivity contribution in [1.82, 2.24) is 0 Å². The third-order valence-electron chi connectivity index (χ3n) is 2.71. The van der Waals surface area contributed by atoms with Crippen LogP contribution >= 0.6 is 22.6 Å². The number of halogens is 1. The molecule has 1 N–H and O–H groups in total. The summed E-state index contributed by atoms with van der Waals surface area (Å²) in [6.45, 7) is 1.47. The van der Waals surface area contributed by atoms with Crippen LogP contribution in [-0.2, 0) is 17.9 Å². The van der Waals surface area contributed by atoms with Crippen molar-refractivity contribution in [2.45, 2.75) is 13.2 Å². The lowest BCUT2D eigenvalue weighted by Crippen LogP contribution is -2.02. The molecule has 0 saturated heterocycles. The van der Waals surface area contributed by atoms with Crippen molar-refractivity contribution >= 4 is 28.3 Å². The van der Waals surface area contributed by atoms with E-state index in [1.807, 2.05) is 12.1 Å². The summed E-state index contributed by atoms with van der Waals surface area (Å²) < 4.78 is 6.46. The smallest absolute Gasteiger partial charge is 0.0733 e. The molecule has 2 aromatic rings. The number of anilines is 1. The number of benzene rings is 2. The van der Waals surface area contributed by atoms with Gasteiger partial charge in [-0.25, -0.2) is 0 Å². The molecule has 0 unspecified atom stereocenters. The zero-order valence-electron chi connectivity index (χ0n) is 10.3. The van der Waals surface area contributed by atoms with E-state index in [-0.39, 0.29) is 0 Å². The van der Waals surface area contributed by atoms with Gasteiger partial charge in [0.05, 0.1) is 6.61 Å². The van der Waals surface area contributed by atoms with Crippen molar-refractivity contribution in [3.05, 3.63) is 63.2 Å². The first-order chi connectivity index (χ1) is 8.79. The molecule has 18 heavy (non-hydrogen) atoms. The molecule has 3 heteroatoms. The maximum Gasteiger partial charge on any atom is 0.0733 e. The van der Waals surface area contributed by atoms with E-state index in [0.717, 1.165) is 12.2 Å². The monoisotopic (exact) mass is 353 g/mol. The van der Waals surface area contributed by atoms with Gasteiger partial charge < -0.3 is 10.1 Å². The molecule has 0 aromatic heterocycles. The molecule has 0 aliphatic carbocycles. The SMILES string of the molecule is COCc1ccccc1NCc1ccc(I)cc1. The molecule has 0 atom stereocenters. The summed E-state index contributed by atoms with van der Waals surface area (Å²) in [5.74, 6) is 0. The number of hydrogen-bond donors (Lipinski definition) is 1. The zero-order valence-corrected chi connectivity index (χ0v) is 12.5. The van der Waals surface area contributed by atoms with E-state index in [9.17, 15) is 0 Å². The van der Waals surface area contributed by atoms with Crippen LogP contribution in [0, 0.1) is 3.57 Å². The Labute approximate surface area is 122 Å². The number of nitrogens with one attached hydrogen (secondary N) is 1. The second kappa shape index (κ2) is 6.75. The molecule has 2 nitrogen and oxygen atoms in total. The van der Waals surface area contributed by atoms with Crippen LogP contribution in [-0.4, -0.2) is 7.11 Å². The third kappa shape index (κ3) is 3.71. The van der Waals surface area contributed by atoms with E-state index >= 15 is 0 Å². The summed E-state index contributed by atoms with van der Waals surface area (Å²) in [5, 5.41) is 3.45. The third-order valence-corrected chi connectivity index (χ3v) is 3.43. The minimum atomic E-state index is 0.635. The number of hydrogen-bond acceptors (Lipinski definition) is 2. The Kier molecular flexibility index (Phi) is 5.01. The molecule has 0 bridgehead atoms. The van der Waals surface area contributed by atoms with Crippen molar-refractivity contribution in [2.75, 3.05) is 12.4 Å². The Hall–Kier alpha value is -1.07. The van der Waals surface area contributed by atoms with E-state index in [1.165, 1.54) is 14.7 Å². The van der Waals surface area contributed by atoms with Crippen LogP contribution in [0.25, 0.3) is 0 Å². The maximum absolute atomic E-state index is 5.20. The van der Waals surface area contributed by atoms with Gasteiger partial charge in [-0.15, -0.1) is 0 Å². The molecule has 2 aromatic carbocycles. The Morgan fingerprint density at radius 2 is 1.78 bits per heavy atom. The van der Waals surface area contributed by atoms with Crippen molar-refractivity contribution in [3.63, 3.8) is 0 Å². The second-order valence-electron chi connectivity index (χ2n) is 4.07. The van der Waals surface area contributed by atoms with Crippen molar-refractivity contribution in [3.8, 4) is 0 Å². The van der Waals surface area contributed by atoms with Crippen LogP contribution in [0.1, 0.15) is 11.1 Å². The van der Waals surface area contributed by atoms with Gasteiger partial charge in [-0.2, -0.15) is 0 Å². The Morgan fingerprint density at radius 1 is 1.06 bits per heavy atom. The predicted octanol–water partition coefficient (Wildman–Crippen LogP) is 4.05. The molecular weight excluding hydrogens is 337 g/mol. The summed E-state index contributed by atoms with van der Waals surface area (Å²) in [6, 6.07) is 16.8. The van der Waals surface area contributed by atoms with Crippen LogP contribution < -0.4 is 5.32 Å². The Bertz CT molecular complexity index is 496. The molecule has 0 spiro atoms. The Morgan fingerprint density at radius 3 is 2.50 bits per heavy atom. The summed E-state index contributed by atoms with van der Waals surface area (Å²) in [6.07, 6.45) is 0. The molecule has 0 radical (unpaired) electrons. The van der Waals surface area contributed by atoms with Gasteiger partial charge in [0, 0.05) is 28.5 Å². The zero-order chi connectivity index (χ0) is 12.8. The summed E-state index contributed by atoms with van der Waals surface area (Å²) in [4.78, 5) is 0. The van der Waals surface area contributed by atoms with Crippen LogP contribution in [0.5, 0.6) is 0 Å². The highest BCUT2D eigenvalue weighted by atomic mass is 127. The average Bonchev–Trinajstić information content (AvgIpc) is 2.40. The summed E-state index contributed by atoms with van der Waals surface area (Å²) in [5.41, 5.74) is 3.60. The molecule has 0 aliphatic heterocycles. The normalized spacial score (nSPS) is 10.3. The number of para-hydroxylation sites is 1. The molecule has 0 fully saturated rings. The highest BCUT2D eigenvalue weighted by molar-refractivity contribution is 14.1. The van der Waals surface area contributed by atoms with Gasteiger partial charge in [0.15, 0.2) is 0 Å². The van der Waals surface area contributed by atoms with Crippen molar-refractivity contribution in [2.24, 2.45) is 0 Å². The van der Waals surface area contributed by atoms with Gasteiger partial charge in [-0.05, 0) is 46.4 Å². The molecule has 0 heterocycles. The topological polar surface area (TPSA) is 21.3 Å². The fourth-order valence-electron chi connectivity index (χ4n) is 1.77. The molecule has 0 aliphatic rings. The van der Waals surface area contributed by atoms with E-state index in [0.29, 0.717) is 6.61 Å². The summed E-state index contributed by atoms with van der Waals surface area (Å²) >= 11 is 2.32. The quantitative estimate of drug-likeness (QED) is 0.819. The lowest BCUT2D eigenvalue weighted by Gasteiger charge is -2.11. The summed E-state index contributed by atoms with van der Waals surface area (Å²) in [7, 11) is 1.72. The van der Waals surface area contributed by atoms with Crippen LogP contribution in [0.2, 0.25) is 0 Å². The maximum atomic E-state index is 5.20. The first kappa shape index (κ1) is 13.4. The van der Waals surface area contributed by atoms with E-state index in [4.69, 9.17) is 4.74 Å². The van der Waals surface area contributed by atoms with Crippen LogP contribution in [0.3, 0.4) is 0 Å². The van der Waals surface area contributed by atoms with Crippen molar-refractivity contribution in [1.29, 1.82) is 0 Å². The fourth-order valence-corrected chi connectivity index (χ4v) is 2.13. The highest BCUT2D eigenvalue weighted by Crippen LogP contribution is 2.17. The minimum Gasteiger partial charge on any atom is -0.381 e. The van der Waals surface area contributed by atoms with Crippen LogP contribution in [0.4, 0.5) is 5.69 Å². The lowest BCUT2D eigenvalue weighted by atomic mass is 10.1. The van der Waals surface area contributed by atoms with Gasteiger partial charge in [0.2, 0.25) is 0 Å². The van der Waals surface area contributed by atoms with E-state index < -0.39 is 0 Å². The number of methoxy groups -OCH3 is 1. The molecule has 0 amide bonds. The lowest BCUT2D eigenvalue weighted by molar-refractivity contribution is 0.185. The molecule has 0 saturated carbocycles. The van der Waals surface area contributed by atoms with Gasteiger partial charge in [0.1, 0.15) is 0 Å². The molecular formula is C15H16INO. The minimum absolute atomic E-state index is 0.635. The largest absolute Gasteiger partial charge is 0.381 e. The van der Waals surface area contributed by atoms with Crippen LogP contribution in [0.15, 0.2) is 48.5 Å². The molecule has 94 valence electrons. The second-order valence-corrected chi connectivity index (χ2v) is 5.32. The first-order valence-corrected chi connectivity index (χ1v) is 6.92. The van der Waals surface area contributed by atoms with Gasteiger partial charge >= 0.3 is 0 Å². The average molecular weight is 353 g/mol. The number of rotatable bonds is 5. The Balaban J connectivity index is 2.03. The van der Waals surface area contributed by atoms with Gasteiger partial charge in [-0.3, -0.25) is 0 Å².